The molecular weight excluding hydrogens is 326 g/mol. The number of aromatic nitrogens is 4. The first-order valence-electron chi connectivity index (χ1n) is 9.14. The zero-order chi connectivity index (χ0) is 18.1. The van der Waals surface area contributed by atoms with Crippen LogP contribution >= 0.6 is 0 Å². The normalized spacial score (nSPS) is 23.1. The van der Waals surface area contributed by atoms with Gasteiger partial charge in [0, 0.05) is 47.5 Å². The highest BCUT2D eigenvalue weighted by atomic mass is 15.2. The largest absolute Gasteiger partial charge is 0.367 e. The van der Waals surface area contributed by atoms with Crippen molar-refractivity contribution >= 4 is 28.4 Å². The highest BCUT2D eigenvalue weighted by Gasteiger charge is 2.24. The van der Waals surface area contributed by atoms with Gasteiger partial charge in [-0.3, -0.25) is 10.1 Å². The molecule has 7 heteroatoms. The number of piperidine rings is 1. The third kappa shape index (κ3) is 3.62. The number of rotatable bonds is 4. The van der Waals surface area contributed by atoms with Crippen LogP contribution in [0.25, 0.3) is 10.9 Å². The summed E-state index contributed by atoms with van der Waals surface area (Å²) in [4.78, 5) is 9.32. The predicted octanol–water partition coefficient (Wildman–Crippen LogP) is 3.35. The number of aromatic amines is 1. The summed E-state index contributed by atoms with van der Waals surface area (Å²) in [6.07, 6.45) is 3.96. The molecule has 1 aliphatic rings. The lowest BCUT2D eigenvalue weighted by Gasteiger charge is -2.33. The summed E-state index contributed by atoms with van der Waals surface area (Å²) in [5, 5.41) is 18.7. The van der Waals surface area contributed by atoms with Crippen molar-refractivity contribution in [1.82, 2.24) is 25.5 Å². The second-order valence-corrected chi connectivity index (χ2v) is 7.27. The molecule has 0 saturated carbocycles. The SMILES string of the molecule is Cc1cc(Nc2cc3ncccc3c(N[C@@H]3C[C@@H](C)N[C@@H](C)C3)n2)n[nH]1. The van der Waals surface area contributed by atoms with Crippen LogP contribution in [0.5, 0.6) is 0 Å². The number of aryl methyl sites for hydroxylation is 1. The molecule has 0 spiro atoms. The molecule has 4 rings (SSSR count). The van der Waals surface area contributed by atoms with Crippen LogP contribution in [0, 0.1) is 6.92 Å². The second kappa shape index (κ2) is 6.92. The van der Waals surface area contributed by atoms with E-state index >= 15 is 0 Å². The predicted molar refractivity (Wildman–Crippen MR) is 105 cm³/mol. The van der Waals surface area contributed by atoms with Gasteiger partial charge >= 0.3 is 0 Å². The molecule has 3 aromatic rings. The molecule has 136 valence electrons. The summed E-state index contributed by atoms with van der Waals surface area (Å²) < 4.78 is 0. The van der Waals surface area contributed by atoms with Gasteiger partial charge in [-0.05, 0) is 45.7 Å². The van der Waals surface area contributed by atoms with Crippen molar-refractivity contribution in [1.29, 1.82) is 0 Å². The van der Waals surface area contributed by atoms with Crippen molar-refractivity contribution in [3.05, 3.63) is 36.2 Å². The lowest BCUT2D eigenvalue weighted by atomic mass is 9.95. The van der Waals surface area contributed by atoms with E-state index in [4.69, 9.17) is 4.98 Å². The van der Waals surface area contributed by atoms with Crippen LogP contribution in [0.2, 0.25) is 0 Å². The van der Waals surface area contributed by atoms with Gasteiger partial charge in [-0.15, -0.1) is 0 Å². The third-order valence-corrected chi connectivity index (χ3v) is 4.75. The van der Waals surface area contributed by atoms with Crippen molar-refractivity contribution in [3.8, 4) is 0 Å². The van der Waals surface area contributed by atoms with Gasteiger partial charge < -0.3 is 16.0 Å². The Labute approximate surface area is 153 Å². The van der Waals surface area contributed by atoms with Gasteiger partial charge in [0.2, 0.25) is 0 Å². The first-order chi connectivity index (χ1) is 12.6. The molecule has 1 fully saturated rings. The average Bonchev–Trinajstić information content (AvgIpc) is 2.99. The lowest BCUT2D eigenvalue weighted by Crippen LogP contribution is -2.46. The van der Waals surface area contributed by atoms with Gasteiger partial charge in [0.05, 0.1) is 5.52 Å². The minimum absolute atomic E-state index is 0.389. The van der Waals surface area contributed by atoms with Crippen LogP contribution in [0.15, 0.2) is 30.5 Å². The molecule has 0 radical (unpaired) electrons. The number of hydrogen-bond donors (Lipinski definition) is 4. The molecular formula is C19H25N7. The van der Waals surface area contributed by atoms with Gasteiger partial charge in [-0.1, -0.05) is 0 Å². The van der Waals surface area contributed by atoms with E-state index in [-0.39, 0.29) is 0 Å². The van der Waals surface area contributed by atoms with Crippen molar-refractivity contribution in [2.24, 2.45) is 0 Å². The van der Waals surface area contributed by atoms with E-state index < -0.39 is 0 Å². The summed E-state index contributed by atoms with van der Waals surface area (Å²) in [5.74, 6) is 2.36. The number of fused-ring (bicyclic) bond motifs is 1. The average molecular weight is 351 g/mol. The van der Waals surface area contributed by atoms with Crippen LogP contribution in [0.1, 0.15) is 32.4 Å². The lowest BCUT2D eigenvalue weighted by molar-refractivity contribution is 0.329. The van der Waals surface area contributed by atoms with Gasteiger partial charge in [0.15, 0.2) is 5.82 Å². The quantitative estimate of drug-likeness (QED) is 0.576. The fraction of sp³-hybridized carbons (Fsp3) is 0.421. The van der Waals surface area contributed by atoms with Crippen molar-refractivity contribution in [2.75, 3.05) is 10.6 Å². The first kappa shape index (κ1) is 16.8. The molecule has 0 unspecified atom stereocenters. The topological polar surface area (TPSA) is 90.6 Å². The van der Waals surface area contributed by atoms with E-state index in [9.17, 15) is 0 Å². The number of anilines is 3. The minimum Gasteiger partial charge on any atom is -0.367 e. The van der Waals surface area contributed by atoms with Gasteiger partial charge in [0.1, 0.15) is 11.6 Å². The van der Waals surface area contributed by atoms with Crippen molar-refractivity contribution in [3.63, 3.8) is 0 Å². The Hall–Kier alpha value is -2.67. The van der Waals surface area contributed by atoms with E-state index in [1.807, 2.05) is 31.3 Å². The Kier molecular flexibility index (Phi) is 4.46. The van der Waals surface area contributed by atoms with Gasteiger partial charge in [-0.25, -0.2) is 4.98 Å². The fourth-order valence-electron chi connectivity index (χ4n) is 3.75. The van der Waals surface area contributed by atoms with E-state index in [2.05, 4.69) is 51.0 Å². The molecule has 4 heterocycles. The summed E-state index contributed by atoms with van der Waals surface area (Å²) >= 11 is 0. The maximum atomic E-state index is 4.81. The Bertz CT molecular complexity index is 894. The minimum atomic E-state index is 0.389. The molecule has 1 saturated heterocycles. The summed E-state index contributed by atoms with van der Waals surface area (Å²) in [7, 11) is 0. The highest BCUT2D eigenvalue weighted by Crippen LogP contribution is 2.27. The zero-order valence-corrected chi connectivity index (χ0v) is 15.4. The summed E-state index contributed by atoms with van der Waals surface area (Å²) in [5.41, 5.74) is 1.91. The van der Waals surface area contributed by atoms with Crippen LogP contribution in [0.4, 0.5) is 17.5 Å². The van der Waals surface area contributed by atoms with Crippen LogP contribution in [0.3, 0.4) is 0 Å². The van der Waals surface area contributed by atoms with Crippen LogP contribution < -0.4 is 16.0 Å². The standard InChI is InChI=1S/C19H25N7/c1-11-7-14(8-12(2)21-11)22-19-15-5-4-6-20-16(15)10-17(24-19)23-18-9-13(3)25-26-18/h4-6,9-12,14,21H,7-8H2,1-3H3,(H3,22,23,24,25,26)/t11-,12+,14-. The Morgan fingerprint density at radius 3 is 2.65 bits per heavy atom. The molecule has 0 amide bonds. The van der Waals surface area contributed by atoms with Crippen molar-refractivity contribution in [2.45, 2.75) is 51.7 Å². The molecule has 0 bridgehead atoms. The van der Waals surface area contributed by atoms with Gasteiger partial charge in [-0.2, -0.15) is 5.10 Å². The molecule has 4 N–H and O–H groups in total. The summed E-state index contributed by atoms with van der Waals surface area (Å²) in [6.45, 7) is 6.44. The van der Waals surface area contributed by atoms with E-state index in [0.29, 0.717) is 18.1 Å². The Morgan fingerprint density at radius 2 is 1.92 bits per heavy atom. The Balaban J connectivity index is 1.65. The molecule has 1 aliphatic heterocycles. The molecule has 3 atom stereocenters. The number of nitrogens with zero attached hydrogens (tertiary/aromatic N) is 3. The zero-order valence-electron chi connectivity index (χ0n) is 15.4. The monoisotopic (exact) mass is 351 g/mol. The molecule has 7 nitrogen and oxygen atoms in total. The number of pyridine rings is 2. The molecule has 0 aliphatic carbocycles. The van der Waals surface area contributed by atoms with Crippen molar-refractivity contribution < 1.29 is 0 Å². The summed E-state index contributed by atoms with van der Waals surface area (Å²) in [6, 6.07) is 9.30. The third-order valence-electron chi connectivity index (χ3n) is 4.75. The smallest absolute Gasteiger partial charge is 0.153 e. The maximum absolute atomic E-state index is 4.81. The number of nitrogens with one attached hydrogen (secondary N) is 4. The Morgan fingerprint density at radius 1 is 1.12 bits per heavy atom. The number of H-pyrrole nitrogens is 1. The van der Waals surface area contributed by atoms with Crippen LogP contribution in [-0.2, 0) is 0 Å². The van der Waals surface area contributed by atoms with E-state index in [1.54, 1.807) is 0 Å². The van der Waals surface area contributed by atoms with E-state index in [0.717, 1.165) is 46.9 Å². The van der Waals surface area contributed by atoms with Crippen LogP contribution in [-0.4, -0.2) is 38.3 Å². The first-order valence-corrected chi connectivity index (χ1v) is 9.14. The highest BCUT2D eigenvalue weighted by molar-refractivity contribution is 5.91. The molecule has 26 heavy (non-hydrogen) atoms. The molecule has 0 aromatic carbocycles. The molecule has 3 aromatic heterocycles. The van der Waals surface area contributed by atoms with E-state index in [1.165, 1.54) is 0 Å². The second-order valence-electron chi connectivity index (χ2n) is 7.27. The maximum Gasteiger partial charge on any atom is 0.153 e. The fourth-order valence-corrected chi connectivity index (χ4v) is 3.75. The van der Waals surface area contributed by atoms with Gasteiger partial charge in [0.25, 0.3) is 0 Å². The number of hydrogen-bond acceptors (Lipinski definition) is 6.